The van der Waals surface area contributed by atoms with Gasteiger partial charge < -0.3 is 9.67 Å². The van der Waals surface area contributed by atoms with Crippen LogP contribution in [0.1, 0.15) is 20.3 Å². The molecule has 0 aromatic carbocycles. The van der Waals surface area contributed by atoms with Crippen molar-refractivity contribution < 1.29 is 5.11 Å². The second-order valence-electron chi connectivity index (χ2n) is 3.21. The minimum Gasteiger partial charge on any atom is -0.388 e. The summed E-state index contributed by atoms with van der Waals surface area (Å²) in [5.74, 6) is 0. The molecule has 2 heteroatoms. The molecule has 1 N–H and O–H groups in total. The van der Waals surface area contributed by atoms with Crippen LogP contribution in [0.25, 0.3) is 0 Å². The van der Waals surface area contributed by atoms with Gasteiger partial charge in [0.1, 0.15) is 0 Å². The van der Waals surface area contributed by atoms with Crippen LogP contribution in [0.15, 0.2) is 24.5 Å². The van der Waals surface area contributed by atoms with Gasteiger partial charge in [0.05, 0.1) is 12.1 Å². The van der Waals surface area contributed by atoms with Gasteiger partial charge in [0.2, 0.25) is 0 Å². The second kappa shape index (κ2) is 3.09. The van der Waals surface area contributed by atoms with Crippen molar-refractivity contribution in [2.75, 3.05) is 0 Å². The van der Waals surface area contributed by atoms with E-state index in [4.69, 9.17) is 0 Å². The molecule has 0 aliphatic heterocycles. The van der Waals surface area contributed by atoms with Gasteiger partial charge in [0, 0.05) is 12.4 Å². The second-order valence-corrected chi connectivity index (χ2v) is 3.21. The first-order valence-corrected chi connectivity index (χ1v) is 3.97. The van der Waals surface area contributed by atoms with Crippen LogP contribution in [-0.4, -0.2) is 15.3 Å². The molecule has 1 unspecified atom stereocenters. The summed E-state index contributed by atoms with van der Waals surface area (Å²) in [4.78, 5) is 0. The summed E-state index contributed by atoms with van der Waals surface area (Å²) < 4.78 is 1.99. The summed E-state index contributed by atoms with van der Waals surface area (Å²) in [6.07, 6.45) is 4.71. The van der Waals surface area contributed by atoms with Gasteiger partial charge in [0.25, 0.3) is 0 Å². The maximum atomic E-state index is 9.67. The maximum Gasteiger partial charge on any atom is 0.0795 e. The van der Waals surface area contributed by atoms with Crippen molar-refractivity contribution in [3.8, 4) is 0 Å². The van der Waals surface area contributed by atoms with Gasteiger partial charge in [-0.25, -0.2) is 0 Å². The Hall–Kier alpha value is -0.760. The van der Waals surface area contributed by atoms with Crippen LogP contribution >= 0.6 is 0 Å². The lowest BCUT2D eigenvalue weighted by Gasteiger charge is -2.21. The molecule has 0 radical (unpaired) electrons. The molecule has 1 aromatic heterocycles. The molecule has 0 amide bonds. The third kappa shape index (κ3) is 2.39. The normalized spacial score (nSPS) is 16.3. The first-order chi connectivity index (χ1) is 5.14. The standard InChI is InChI=1S/C9H15NO/c1-3-9(2,11)8-10-6-4-5-7-10/h4-7,11H,3,8H2,1-2H3. The minimum atomic E-state index is -0.570. The summed E-state index contributed by atoms with van der Waals surface area (Å²) >= 11 is 0. The number of aromatic nitrogens is 1. The van der Waals surface area contributed by atoms with Gasteiger partial charge in [-0.15, -0.1) is 0 Å². The molecule has 0 saturated heterocycles. The van der Waals surface area contributed by atoms with E-state index >= 15 is 0 Å². The van der Waals surface area contributed by atoms with Gasteiger partial charge in [-0.2, -0.15) is 0 Å². The van der Waals surface area contributed by atoms with Crippen molar-refractivity contribution in [3.05, 3.63) is 24.5 Å². The highest BCUT2D eigenvalue weighted by atomic mass is 16.3. The molecular formula is C9H15NO. The van der Waals surface area contributed by atoms with E-state index in [1.165, 1.54) is 0 Å². The Balaban J connectivity index is 2.56. The van der Waals surface area contributed by atoms with Crippen molar-refractivity contribution in [1.82, 2.24) is 4.57 Å². The van der Waals surface area contributed by atoms with Gasteiger partial charge in [-0.3, -0.25) is 0 Å². The zero-order valence-corrected chi connectivity index (χ0v) is 7.12. The lowest BCUT2D eigenvalue weighted by atomic mass is 10.0. The van der Waals surface area contributed by atoms with Crippen molar-refractivity contribution in [1.29, 1.82) is 0 Å². The molecule has 1 aromatic rings. The molecule has 0 aliphatic carbocycles. The Morgan fingerprint density at radius 2 is 1.91 bits per heavy atom. The fraction of sp³-hybridized carbons (Fsp3) is 0.556. The predicted octanol–water partition coefficient (Wildman–Crippen LogP) is 1.65. The van der Waals surface area contributed by atoms with Crippen LogP contribution in [0.2, 0.25) is 0 Å². The van der Waals surface area contributed by atoms with Crippen molar-refractivity contribution in [3.63, 3.8) is 0 Å². The topological polar surface area (TPSA) is 25.2 Å². The number of nitrogens with zero attached hydrogens (tertiary/aromatic N) is 1. The zero-order valence-electron chi connectivity index (χ0n) is 7.12. The lowest BCUT2D eigenvalue weighted by molar-refractivity contribution is 0.0381. The van der Waals surface area contributed by atoms with Crippen molar-refractivity contribution in [2.24, 2.45) is 0 Å². The Kier molecular flexibility index (Phi) is 2.35. The smallest absolute Gasteiger partial charge is 0.0795 e. The van der Waals surface area contributed by atoms with E-state index in [0.717, 1.165) is 6.42 Å². The van der Waals surface area contributed by atoms with E-state index in [9.17, 15) is 5.11 Å². The monoisotopic (exact) mass is 153 g/mol. The highest BCUT2D eigenvalue weighted by Crippen LogP contribution is 2.11. The minimum absolute atomic E-state index is 0.570. The summed E-state index contributed by atoms with van der Waals surface area (Å²) in [7, 11) is 0. The zero-order chi connectivity index (χ0) is 8.32. The first kappa shape index (κ1) is 8.34. The summed E-state index contributed by atoms with van der Waals surface area (Å²) in [5, 5.41) is 9.67. The van der Waals surface area contributed by atoms with E-state index in [0.29, 0.717) is 6.54 Å². The summed E-state index contributed by atoms with van der Waals surface area (Å²) in [6, 6.07) is 3.93. The van der Waals surface area contributed by atoms with Crippen LogP contribution in [0.3, 0.4) is 0 Å². The fourth-order valence-electron chi connectivity index (χ4n) is 0.981. The van der Waals surface area contributed by atoms with E-state index < -0.39 is 5.60 Å². The molecule has 1 heterocycles. The van der Waals surface area contributed by atoms with E-state index in [-0.39, 0.29) is 0 Å². The van der Waals surface area contributed by atoms with Gasteiger partial charge in [0.15, 0.2) is 0 Å². The Bertz CT molecular complexity index is 201. The lowest BCUT2D eigenvalue weighted by Crippen LogP contribution is -2.28. The molecule has 1 rings (SSSR count). The maximum absolute atomic E-state index is 9.67. The molecule has 62 valence electrons. The van der Waals surface area contributed by atoms with Crippen LogP contribution < -0.4 is 0 Å². The first-order valence-electron chi connectivity index (χ1n) is 3.97. The van der Waals surface area contributed by atoms with Gasteiger partial charge in [-0.05, 0) is 25.5 Å². The van der Waals surface area contributed by atoms with Crippen LogP contribution in [0.5, 0.6) is 0 Å². The number of hydrogen-bond donors (Lipinski definition) is 1. The third-order valence-corrected chi connectivity index (χ3v) is 1.95. The van der Waals surface area contributed by atoms with Gasteiger partial charge in [-0.1, -0.05) is 6.92 Å². The van der Waals surface area contributed by atoms with E-state index in [1.54, 1.807) is 0 Å². The highest BCUT2D eigenvalue weighted by molar-refractivity contribution is 4.91. The average molecular weight is 153 g/mol. The molecular weight excluding hydrogens is 138 g/mol. The number of hydrogen-bond acceptors (Lipinski definition) is 1. The van der Waals surface area contributed by atoms with Crippen LogP contribution in [0, 0.1) is 0 Å². The van der Waals surface area contributed by atoms with Crippen molar-refractivity contribution >= 4 is 0 Å². The largest absolute Gasteiger partial charge is 0.388 e. The molecule has 0 fully saturated rings. The van der Waals surface area contributed by atoms with Crippen LogP contribution in [-0.2, 0) is 6.54 Å². The summed E-state index contributed by atoms with van der Waals surface area (Å²) in [6.45, 7) is 4.52. The quantitative estimate of drug-likeness (QED) is 0.701. The fourth-order valence-corrected chi connectivity index (χ4v) is 0.981. The number of rotatable bonds is 3. The highest BCUT2D eigenvalue weighted by Gasteiger charge is 2.16. The Morgan fingerprint density at radius 1 is 1.36 bits per heavy atom. The Morgan fingerprint density at radius 3 is 2.36 bits per heavy atom. The van der Waals surface area contributed by atoms with Crippen molar-refractivity contribution in [2.45, 2.75) is 32.4 Å². The molecule has 0 bridgehead atoms. The average Bonchev–Trinajstić information content (AvgIpc) is 2.39. The molecule has 0 saturated carbocycles. The van der Waals surface area contributed by atoms with Gasteiger partial charge >= 0.3 is 0 Å². The molecule has 2 nitrogen and oxygen atoms in total. The summed E-state index contributed by atoms with van der Waals surface area (Å²) in [5.41, 5.74) is -0.570. The molecule has 0 spiro atoms. The number of aliphatic hydroxyl groups is 1. The molecule has 0 aliphatic rings. The third-order valence-electron chi connectivity index (χ3n) is 1.95. The Labute approximate surface area is 67.5 Å². The molecule has 11 heavy (non-hydrogen) atoms. The van der Waals surface area contributed by atoms with Crippen LogP contribution in [0.4, 0.5) is 0 Å². The van der Waals surface area contributed by atoms with E-state index in [2.05, 4.69) is 0 Å². The predicted molar refractivity (Wildman–Crippen MR) is 45.3 cm³/mol. The molecule has 1 atom stereocenters. The SMILES string of the molecule is CCC(C)(O)Cn1cccc1. The van der Waals surface area contributed by atoms with E-state index in [1.807, 2.05) is 42.9 Å².